The number of benzene rings is 3. The zero-order valence-electron chi connectivity index (χ0n) is 19.1. The van der Waals surface area contributed by atoms with Crippen LogP contribution in [-0.4, -0.2) is 36.6 Å². The van der Waals surface area contributed by atoms with Crippen molar-refractivity contribution in [3.63, 3.8) is 0 Å². The van der Waals surface area contributed by atoms with Crippen LogP contribution in [0.1, 0.15) is 15.9 Å². The molecule has 182 valence electrons. The minimum atomic E-state index is -3.53. The van der Waals surface area contributed by atoms with E-state index in [1.54, 1.807) is 54.7 Å². The van der Waals surface area contributed by atoms with Crippen LogP contribution < -0.4 is 5.32 Å². The van der Waals surface area contributed by atoms with E-state index in [0.717, 1.165) is 6.26 Å². The number of carboxylic acid groups (broad SMARTS) is 1. The summed E-state index contributed by atoms with van der Waals surface area (Å²) in [6.45, 7) is 0. The van der Waals surface area contributed by atoms with Crippen molar-refractivity contribution >= 4 is 39.0 Å². The van der Waals surface area contributed by atoms with E-state index in [9.17, 15) is 18.0 Å². The van der Waals surface area contributed by atoms with Crippen LogP contribution in [0.4, 0.5) is 5.69 Å². The van der Waals surface area contributed by atoms with Gasteiger partial charge >= 0.3 is 5.97 Å². The Bertz CT molecular complexity index is 1550. The molecule has 1 aromatic heterocycles. The summed E-state index contributed by atoms with van der Waals surface area (Å²) in [5.74, 6) is -1.41. The number of nitrogens with one attached hydrogen (secondary N) is 1. The first-order chi connectivity index (χ1) is 17.1. The molecule has 0 spiro atoms. The van der Waals surface area contributed by atoms with Crippen molar-refractivity contribution in [2.45, 2.75) is 11.3 Å². The largest absolute Gasteiger partial charge is 0.481 e. The lowest BCUT2D eigenvalue weighted by Crippen LogP contribution is -2.14. The minimum absolute atomic E-state index is 0.0626. The third-order valence-electron chi connectivity index (χ3n) is 5.45. The zero-order valence-corrected chi connectivity index (χ0v) is 20.7. The lowest BCUT2D eigenvalue weighted by atomic mass is 9.97. The van der Waals surface area contributed by atoms with Gasteiger partial charge in [0.1, 0.15) is 0 Å². The van der Waals surface area contributed by atoms with Gasteiger partial charge in [-0.05, 0) is 65.2 Å². The minimum Gasteiger partial charge on any atom is -0.481 e. The number of pyridine rings is 1. The number of anilines is 1. The number of hydrogen-bond donors (Lipinski definition) is 2. The van der Waals surface area contributed by atoms with E-state index in [1.807, 2.05) is 12.1 Å². The number of aliphatic carboxylic acids is 1. The highest BCUT2D eigenvalue weighted by Crippen LogP contribution is 2.31. The Morgan fingerprint density at radius 1 is 0.944 bits per heavy atom. The van der Waals surface area contributed by atoms with Crippen molar-refractivity contribution in [2.75, 3.05) is 11.6 Å². The maximum absolute atomic E-state index is 13.3. The SMILES string of the molecule is CS(=O)(=O)c1ccc(C(=O)Nc2ccc(Cl)c(-c3ccccn3)c2)c(-c2ccc(CC(=O)O)cc2)c1. The van der Waals surface area contributed by atoms with E-state index in [4.69, 9.17) is 16.7 Å². The molecule has 0 atom stereocenters. The van der Waals surface area contributed by atoms with Gasteiger partial charge in [0.05, 0.1) is 22.0 Å². The van der Waals surface area contributed by atoms with Gasteiger partial charge in [-0.25, -0.2) is 8.42 Å². The van der Waals surface area contributed by atoms with Gasteiger partial charge in [0.25, 0.3) is 5.91 Å². The molecule has 2 N–H and O–H groups in total. The molecule has 1 heterocycles. The number of aromatic nitrogens is 1. The molecule has 4 rings (SSSR count). The fourth-order valence-electron chi connectivity index (χ4n) is 3.69. The van der Waals surface area contributed by atoms with E-state index >= 15 is 0 Å². The fourth-order valence-corrected chi connectivity index (χ4v) is 4.55. The Kier molecular flexibility index (Phi) is 7.19. The predicted octanol–water partition coefficient (Wildman–Crippen LogP) is 5.35. The maximum Gasteiger partial charge on any atom is 0.307 e. The monoisotopic (exact) mass is 520 g/mol. The van der Waals surface area contributed by atoms with Crippen molar-refractivity contribution < 1.29 is 23.1 Å². The average molecular weight is 521 g/mol. The van der Waals surface area contributed by atoms with Crippen LogP contribution >= 0.6 is 11.6 Å². The quantitative estimate of drug-likeness (QED) is 0.339. The topological polar surface area (TPSA) is 113 Å². The molecule has 0 saturated heterocycles. The smallest absolute Gasteiger partial charge is 0.307 e. The summed E-state index contributed by atoms with van der Waals surface area (Å²) in [7, 11) is -3.53. The summed E-state index contributed by atoms with van der Waals surface area (Å²) in [5.41, 5.74) is 3.60. The molecule has 0 aliphatic heterocycles. The molecular weight excluding hydrogens is 500 g/mol. The van der Waals surface area contributed by atoms with Crippen LogP contribution in [0.15, 0.2) is 90.0 Å². The molecule has 4 aromatic rings. The second-order valence-electron chi connectivity index (χ2n) is 8.11. The number of carbonyl (C=O) groups excluding carboxylic acids is 1. The molecule has 0 saturated carbocycles. The third-order valence-corrected chi connectivity index (χ3v) is 6.89. The Morgan fingerprint density at radius 3 is 2.33 bits per heavy atom. The number of carboxylic acids is 1. The van der Waals surface area contributed by atoms with Gasteiger partial charge < -0.3 is 10.4 Å². The maximum atomic E-state index is 13.3. The van der Waals surface area contributed by atoms with E-state index < -0.39 is 21.7 Å². The number of nitrogens with zero attached hydrogens (tertiary/aromatic N) is 1. The van der Waals surface area contributed by atoms with Crippen molar-refractivity contribution in [1.29, 1.82) is 0 Å². The molecule has 0 bridgehead atoms. The van der Waals surface area contributed by atoms with Crippen LogP contribution in [0.25, 0.3) is 22.4 Å². The Morgan fingerprint density at radius 2 is 1.69 bits per heavy atom. The molecule has 0 radical (unpaired) electrons. The highest BCUT2D eigenvalue weighted by molar-refractivity contribution is 7.90. The van der Waals surface area contributed by atoms with Gasteiger partial charge in [-0.2, -0.15) is 0 Å². The molecule has 9 heteroatoms. The molecule has 7 nitrogen and oxygen atoms in total. The van der Waals surface area contributed by atoms with Crippen molar-refractivity contribution in [1.82, 2.24) is 4.98 Å². The summed E-state index contributed by atoms with van der Waals surface area (Å²) < 4.78 is 24.4. The predicted molar refractivity (Wildman–Crippen MR) is 139 cm³/mol. The lowest BCUT2D eigenvalue weighted by molar-refractivity contribution is -0.136. The molecule has 0 unspecified atom stereocenters. The molecule has 0 aliphatic rings. The van der Waals surface area contributed by atoms with E-state index in [1.165, 1.54) is 18.2 Å². The summed E-state index contributed by atoms with van der Waals surface area (Å²) in [5, 5.41) is 12.3. The molecule has 1 amide bonds. The van der Waals surface area contributed by atoms with Gasteiger partial charge in [-0.15, -0.1) is 0 Å². The fraction of sp³-hybridized carbons (Fsp3) is 0.0741. The highest BCUT2D eigenvalue weighted by Gasteiger charge is 2.18. The first kappa shape index (κ1) is 25.1. The Balaban J connectivity index is 1.72. The van der Waals surface area contributed by atoms with E-state index in [-0.39, 0.29) is 16.9 Å². The van der Waals surface area contributed by atoms with Crippen LogP contribution in [0.3, 0.4) is 0 Å². The van der Waals surface area contributed by atoms with Crippen LogP contribution in [0.2, 0.25) is 5.02 Å². The standard InChI is InChI=1S/C27H21ClN2O5S/c1-36(34,35)20-10-11-21(22(16-20)18-7-5-17(6-8-18)14-26(31)32)27(33)30-19-9-12-24(28)23(15-19)25-4-2-3-13-29-25/h2-13,15-16H,14H2,1H3,(H,30,33)(H,31,32). The normalized spacial score (nSPS) is 11.2. The molecule has 0 fully saturated rings. The van der Waals surface area contributed by atoms with Crippen molar-refractivity contribution in [2.24, 2.45) is 0 Å². The van der Waals surface area contributed by atoms with E-state index in [0.29, 0.717) is 38.7 Å². The average Bonchev–Trinajstić information content (AvgIpc) is 2.85. The molecular formula is C27H21ClN2O5S. The van der Waals surface area contributed by atoms with Crippen molar-refractivity contribution in [3.8, 4) is 22.4 Å². The summed E-state index contributed by atoms with van der Waals surface area (Å²) in [6.07, 6.45) is 2.59. The number of carbonyl (C=O) groups is 2. The molecule has 36 heavy (non-hydrogen) atoms. The number of sulfone groups is 1. The van der Waals surface area contributed by atoms with Gasteiger partial charge in [-0.1, -0.05) is 41.9 Å². The zero-order chi connectivity index (χ0) is 25.9. The van der Waals surface area contributed by atoms with Gasteiger partial charge in [0.15, 0.2) is 9.84 Å². The lowest BCUT2D eigenvalue weighted by Gasteiger charge is -2.14. The summed E-state index contributed by atoms with van der Waals surface area (Å²) in [6, 6.07) is 21.4. The van der Waals surface area contributed by atoms with Gasteiger partial charge in [-0.3, -0.25) is 14.6 Å². The number of halogens is 1. The van der Waals surface area contributed by atoms with Crippen molar-refractivity contribution in [3.05, 3.63) is 101 Å². The highest BCUT2D eigenvalue weighted by atomic mass is 35.5. The van der Waals surface area contributed by atoms with E-state index in [2.05, 4.69) is 10.3 Å². The van der Waals surface area contributed by atoms with Crippen LogP contribution in [0.5, 0.6) is 0 Å². The first-order valence-electron chi connectivity index (χ1n) is 10.8. The summed E-state index contributed by atoms with van der Waals surface area (Å²) in [4.78, 5) is 28.7. The van der Waals surface area contributed by atoms with Crippen LogP contribution in [0, 0.1) is 0 Å². The first-order valence-corrected chi connectivity index (χ1v) is 13.1. The van der Waals surface area contributed by atoms with Gasteiger partial charge in [0.2, 0.25) is 0 Å². The molecule has 0 aliphatic carbocycles. The second kappa shape index (κ2) is 10.3. The number of amides is 1. The van der Waals surface area contributed by atoms with Crippen LogP contribution in [-0.2, 0) is 21.1 Å². The van der Waals surface area contributed by atoms with Gasteiger partial charge in [0, 0.05) is 29.3 Å². The number of hydrogen-bond acceptors (Lipinski definition) is 5. The molecule has 3 aromatic carbocycles. The Labute approximate surface area is 213 Å². The second-order valence-corrected chi connectivity index (χ2v) is 10.5. The summed E-state index contributed by atoms with van der Waals surface area (Å²) >= 11 is 6.35. The number of rotatable bonds is 7. The third kappa shape index (κ3) is 5.79. The Hall–Kier alpha value is -4.01.